The van der Waals surface area contributed by atoms with Gasteiger partial charge in [0.1, 0.15) is 0 Å². The third-order valence-corrected chi connectivity index (χ3v) is 31.9. The molecular weight excluding hydrogens is 998 g/mol. The molecule has 0 fully saturated rings. The molecule has 0 aromatic carbocycles. The average Bonchev–Trinajstić information content (AvgIpc) is 3.59. The molecule has 0 aliphatic carbocycles. The van der Waals surface area contributed by atoms with E-state index < -0.39 is 62.0 Å². The standard InChI is InChI=1S/C24H42O4S3.2C13H27.2Sn/c1-3-5-7-9-11-13-15-17-19-30(25,26)23-21-29-22-24(23)31(27,28)20-18-16-14-12-10-8-6-4-2;2*1-4-7-10-13(11-8-5-2)12-9-6-3;;/h3-20H2,1-2H3;2*4-12H2,1-3H3;;. The number of unbranched alkanes of at least 4 members (excludes halogenated alkanes) is 20. The Morgan fingerprint density at radius 2 is 0.559 bits per heavy atom. The molecule has 0 unspecified atom stereocenters. The number of sulfone groups is 2. The number of hydrogen-bond acceptors (Lipinski definition) is 5. The molecule has 1 aromatic rings. The topological polar surface area (TPSA) is 68.3 Å². The summed E-state index contributed by atoms with van der Waals surface area (Å²) in [5, 5.41) is 0. The van der Waals surface area contributed by atoms with Crippen LogP contribution >= 0.6 is 11.3 Å². The zero-order valence-corrected chi connectivity index (χ0v) is 48.5. The number of rotatable bonds is 42. The van der Waals surface area contributed by atoms with Gasteiger partial charge in [-0.1, -0.05) is 13.8 Å². The van der Waals surface area contributed by atoms with Crippen molar-refractivity contribution in [2.45, 2.75) is 290 Å². The Bertz CT molecular complexity index is 1240. The summed E-state index contributed by atoms with van der Waals surface area (Å²) in [5.41, 5.74) is 0. The molecule has 0 N–H and O–H groups in total. The quantitative estimate of drug-likeness (QED) is 0.0483. The van der Waals surface area contributed by atoms with Crippen molar-refractivity contribution in [2.24, 2.45) is 0 Å². The first kappa shape index (κ1) is 58.2. The Hall–Kier alpha value is 1.20. The molecule has 4 radical (unpaired) electrons. The van der Waals surface area contributed by atoms with Crippen LogP contribution in [0.15, 0.2) is 9.79 Å². The first-order valence-electron chi connectivity index (χ1n) is 25.6. The molecule has 0 saturated heterocycles. The van der Waals surface area contributed by atoms with Crippen molar-refractivity contribution in [3.05, 3.63) is 0 Å². The molecule has 0 saturated carbocycles. The van der Waals surface area contributed by atoms with Gasteiger partial charge in [-0.15, -0.1) is 0 Å². The van der Waals surface area contributed by atoms with Crippen LogP contribution in [-0.2, 0) is 19.7 Å². The third kappa shape index (κ3) is 23.3. The Balaban J connectivity index is 4.07. The minimum Gasteiger partial charge on any atom is -0.0654 e. The van der Waals surface area contributed by atoms with E-state index in [1.807, 2.05) is 0 Å². The summed E-state index contributed by atoms with van der Waals surface area (Å²) in [7, 11) is -7.55. The van der Waals surface area contributed by atoms with E-state index in [1.54, 1.807) is 11.3 Å². The van der Waals surface area contributed by atoms with Gasteiger partial charge in [0.25, 0.3) is 0 Å². The van der Waals surface area contributed by atoms with Crippen LogP contribution in [0.1, 0.15) is 274 Å². The second-order valence-corrected chi connectivity index (χ2v) is 36.0. The smallest absolute Gasteiger partial charge is 0.0654 e. The third-order valence-electron chi connectivity index (χ3n) is 12.8. The van der Waals surface area contributed by atoms with Crippen LogP contribution in [0.5, 0.6) is 0 Å². The molecule has 0 atom stereocenters. The summed E-state index contributed by atoms with van der Waals surface area (Å²) >= 11 is -1.26. The average molecular weight is 1090 g/mol. The summed E-state index contributed by atoms with van der Waals surface area (Å²) in [4.78, 5) is 0.772. The minimum atomic E-state index is -3.77. The van der Waals surface area contributed by atoms with E-state index in [0.717, 1.165) is 82.8 Å². The fourth-order valence-corrected chi connectivity index (χ4v) is 35.6. The van der Waals surface area contributed by atoms with Gasteiger partial charge in [0.2, 0.25) is 0 Å². The summed E-state index contributed by atoms with van der Waals surface area (Å²) in [6.07, 6.45) is 38.6. The first-order valence-corrected chi connectivity index (χ1v) is 35.4. The van der Waals surface area contributed by atoms with Crippen molar-refractivity contribution in [1.82, 2.24) is 0 Å². The molecule has 4 nitrogen and oxygen atoms in total. The van der Waals surface area contributed by atoms with E-state index in [0.29, 0.717) is 22.6 Å². The Kier molecular flexibility index (Phi) is 34.1. The van der Waals surface area contributed by atoms with Gasteiger partial charge >= 0.3 is 384 Å². The van der Waals surface area contributed by atoms with Crippen molar-refractivity contribution < 1.29 is 16.8 Å². The van der Waals surface area contributed by atoms with Gasteiger partial charge in [-0.3, -0.25) is 0 Å². The van der Waals surface area contributed by atoms with E-state index in [-0.39, 0.29) is 18.4 Å². The monoisotopic (exact) mass is 1100 g/mol. The minimum absolute atomic E-state index is 0.106. The number of thiophene rings is 1. The van der Waals surface area contributed by atoms with Crippen LogP contribution in [0.2, 0.25) is 6.86 Å². The van der Waals surface area contributed by atoms with Crippen molar-refractivity contribution in [1.29, 1.82) is 0 Å². The predicted molar refractivity (Wildman–Crippen MR) is 267 cm³/mol. The molecule has 0 spiro atoms. The first-order chi connectivity index (χ1) is 28.4. The normalized spacial score (nSPS) is 12.9. The van der Waals surface area contributed by atoms with E-state index in [4.69, 9.17) is 0 Å². The molecule has 9 heteroatoms. The Labute approximate surface area is 394 Å². The van der Waals surface area contributed by atoms with Crippen LogP contribution in [0.3, 0.4) is 0 Å². The Morgan fingerprint density at radius 1 is 0.339 bits per heavy atom. The van der Waals surface area contributed by atoms with E-state index in [1.165, 1.54) is 128 Å². The van der Waals surface area contributed by atoms with Crippen molar-refractivity contribution in [3.8, 4) is 0 Å². The van der Waals surface area contributed by atoms with Gasteiger partial charge in [-0.05, 0) is 0 Å². The summed E-state index contributed by atoms with van der Waals surface area (Å²) in [6, 6.07) is 0. The SMILES string of the molecule is CCCCCCCCCCS(=O)(=O)c1[c]([Sn][C](CCCC)(CCCC)CCCC)s[c]([Sn][C](CCCC)(CCCC)CCCC)c1S(=O)(=O)CCCCCCCCCC. The van der Waals surface area contributed by atoms with E-state index >= 15 is 16.8 Å². The number of hydrogen-bond donors (Lipinski definition) is 0. The predicted octanol–water partition coefficient (Wildman–Crippen LogP) is 15.7. The summed E-state index contributed by atoms with van der Waals surface area (Å²) < 4.78 is 63.4. The van der Waals surface area contributed by atoms with Gasteiger partial charge in [0.15, 0.2) is 0 Å². The van der Waals surface area contributed by atoms with Crippen molar-refractivity contribution in [2.75, 3.05) is 11.5 Å². The van der Waals surface area contributed by atoms with Gasteiger partial charge in [0.05, 0.1) is 0 Å². The summed E-state index contributed by atoms with van der Waals surface area (Å²) in [5.74, 6) is 0.211. The molecule has 0 amide bonds. The second-order valence-electron chi connectivity index (χ2n) is 18.4. The van der Waals surface area contributed by atoms with Gasteiger partial charge < -0.3 is 0 Å². The molecule has 59 heavy (non-hydrogen) atoms. The zero-order chi connectivity index (χ0) is 43.9. The second kappa shape index (κ2) is 34.5. The Morgan fingerprint density at radius 3 is 0.797 bits per heavy atom. The van der Waals surface area contributed by atoms with Crippen LogP contribution in [0.25, 0.3) is 0 Å². The zero-order valence-electron chi connectivity index (χ0n) is 40.3. The summed E-state index contributed by atoms with van der Waals surface area (Å²) in [6.45, 7) is 18.3. The van der Waals surface area contributed by atoms with E-state index in [9.17, 15) is 0 Å². The maximum atomic E-state index is 15.2. The molecule has 1 rings (SSSR count). The fourth-order valence-electron chi connectivity index (χ4n) is 8.88. The van der Waals surface area contributed by atoms with Crippen LogP contribution < -0.4 is 5.79 Å². The molecular formula is C50H96O4S3Sn2. The molecule has 1 aromatic heterocycles. The van der Waals surface area contributed by atoms with E-state index in [2.05, 4.69) is 55.4 Å². The van der Waals surface area contributed by atoms with Gasteiger partial charge in [-0.25, -0.2) is 0 Å². The molecule has 1 heterocycles. The fraction of sp³-hybridized carbons (Fsp3) is 0.920. The molecule has 0 aliphatic rings. The van der Waals surface area contributed by atoms with Gasteiger partial charge in [-0.2, -0.15) is 0 Å². The van der Waals surface area contributed by atoms with Crippen LogP contribution in [0, 0.1) is 0 Å². The molecule has 0 aliphatic heterocycles. The van der Waals surface area contributed by atoms with Crippen molar-refractivity contribution >= 4 is 79.1 Å². The molecule has 346 valence electrons. The molecule has 0 bridgehead atoms. The van der Waals surface area contributed by atoms with Crippen LogP contribution in [0.4, 0.5) is 0 Å². The van der Waals surface area contributed by atoms with Crippen molar-refractivity contribution in [3.63, 3.8) is 0 Å². The van der Waals surface area contributed by atoms with Crippen LogP contribution in [-0.4, -0.2) is 70.6 Å². The maximum absolute atomic E-state index is 15.2. The van der Waals surface area contributed by atoms with Gasteiger partial charge in [0, 0.05) is 0 Å².